The van der Waals surface area contributed by atoms with Gasteiger partial charge in [0.15, 0.2) is 11.5 Å². The Labute approximate surface area is 109 Å². The van der Waals surface area contributed by atoms with Gasteiger partial charge in [0.25, 0.3) is 0 Å². The monoisotopic (exact) mass is 265 g/mol. The lowest BCUT2D eigenvalue weighted by Crippen LogP contribution is -2.09. The fraction of sp³-hybridized carbons (Fsp3) is 0.545. The second-order valence-electron chi connectivity index (χ2n) is 3.86. The minimum Gasteiger partial charge on any atom is -0.461 e. The first-order valence-electron chi connectivity index (χ1n) is 6.04. The highest BCUT2D eigenvalue weighted by atomic mass is 16.5. The van der Waals surface area contributed by atoms with Crippen LogP contribution in [0, 0.1) is 6.92 Å². The molecule has 8 heteroatoms. The molecule has 2 heterocycles. The van der Waals surface area contributed by atoms with E-state index in [4.69, 9.17) is 9.26 Å². The van der Waals surface area contributed by atoms with Crippen LogP contribution in [0.2, 0.25) is 0 Å². The quantitative estimate of drug-likeness (QED) is 0.736. The molecule has 0 aliphatic heterocycles. The summed E-state index contributed by atoms with van der Waals surface area (Å²) in [5.41, 5.74) is 0.812. The van der Waals surface area contributed by atoms with Crippen LogP contribution in [-0.2, 0) is 17.7 Å². The SMILES string of the molecule is CCOC(=O)c1nnn(Cc2nc(CC)no2)c1C. The second-order valence-corrected chi connectivity index (χ2v) is 3.86. The van der Waals surface area contributed by atoms with Crippen molar-refractivity contribution in [2.75, 3.05) is 6.61 Å². The first-order chi connectivity index (χ1) is 9.15. The summed E-state index contributed by atoms with van der Waals surface area (Å²) in [5, 5.41) is 11.5. The van der Waals surface area contributed by atoms with Crippen LogP contribution in [0.1, 0.15) is 41.7 Å². The number of carbonyl (C=O) groups excluding carboxylic acids is 1. The number of aromatic nitrogens is 5. The molecule has 2 aromatic heterocycles. The van der Waals surface area contributed by atoms with Gasteiger partial charge < -0.3 is 9.26 Å². The van der Waals surface area contributed by atoms with Crippen molar-refractivity contribution in [3.8, 4) is 0 Å². The maximum Gasteiger partial charge on any atom is 0.360 e. The molecule has 0 amide bonds. The summed E-state index contributed by atoms with van der Waals surface area (Å²) in [5.74, 6) is 0.588. The van der Waals surface area contributed by atoms with Crippen molar-refractivity contribution < 1.29 is 14.1 Å². The summed E-state index contributed by atoms with van der Waals surface area (Å²) < 4.78 is 11.5. The van der Waals surface area contributed by atoms with E-state index in [1.165, 1.54) is 4.68 Å². The Morgan fingerprint density at radius 1 is 1.42 bits per heavy atom. The highest BCUT2D eigenvalue weighted by Gasteiger charge is 2.18. The molecule has 19 heavy (non-hydrogen) atoms. The second kappa shape index (κ2) is 5.59. The van der Waals surface area contributed by atoms with E-state index < -0.39 is 5.97 Å². The lowest BCUT2D eigenvalue weighted by molar-refractivity contribution is 0.0518. The molecule has 0 aromatic carbocycles. The summed E-state index contributed by atoms with van der Waals surface area (Å²) in [7, 11) is 0. The lowest BCUT2D eigenvalue weighted by Gasteiger charge is -2.00. The van der Waals surface area contributed by atoms with E-state index in [0.717, 1.165) is 0 Å². The maximum absolute atomic E-state index is 11.6. The van der Waals surface area contributed by atoms with Gasteiger partial charge >= 0.3 is 5.97 Å². The molecule has 0 spiro atoms. The van der Waals surface area contributed by atoms with Crippen molar-refractivity contribution in [3.05, 3.63) is 23.1 Å². The number of aryl methyl sites for hydroxylation is 1. The van der Waals surface area contributed by atoms with Gasteiger partial charge in [-0.3, -0.25) is 0 Å². The number of rotatable bonds is 5. The molecular weight excluding hydrogens is 250 g/mol. The van der Waals surface area contributed by atoms with Gasteiger partial charge in [0.2, 0.25) is 5.89 Å². The third-order valence-corrected chi connectivity index (χ3v) is 2.56. The zero-order chi connectivity index (χ0) is 13.8. The zero-order valence-electron chi connectivity index (χ0n) is 11.1. The smallest absolute Gasteiger partial charge is 0.360 e. The van der Waals surface area contributed by atoms with E-state index in [-0.39, 0.29) is 12.2 Å². The van der Waals surface area contributed by atoms with Gasteiger partial charge in [0.05, 0.1) is 12.3 Å². The molecular formula is C11H15N5O3. The van der Waals surface area contributed by atoms with Crippen molar-refractivity contribution in [2.24, 2.45) is 0 Å². The van der Waals surface area contributed by atoms with Gasteiger partial charge in [-0.05, 0) is 13.8 Å². The molecule has 0 atom stereocenters. The number of esters is 1. The molecule has 0 fully saturated rings. The average Bonchev–Trinajstić information content (AvgIpc) is 2.98. The van der Waals surface area contributed by atoms with Crippen LogP contribution >= 0.6 is 0 Å². The molecule has 0 radical (unpaired) electrons. The van der Waals surface area contributed by atoms with Gasteiger partial charge in [-0.15, -0.1) is 5.10 Å². The van der Waals surface area contributed by atoms with Crippen molar-refractivity contribution in [1.29, 1.82) is 0 Å². The van der Waals surface area contributed by atoms with Gasteiger partial charge in [-0.25, -0.2) is 9.48 Å². The Kier molecular flexibility index (Phi) is 3.88. The van der Waals surface area contributed by atoms with E-state index in [1.54, 1.807) is 13.8 Å². The topological polar surface area (TPSA) is 95.9 Å². The molecule has 0 saturated carbocycles. The third kappa shape index (κ3) is 2.78. The summed E-state index contributed by atoms with van der Waals surface area (Å²) in [6, 6.07) is 0. The molecule has 0 N–H and O–H groups in total. The van der Waals surface area contributed by atoms with Crippen molar-refractivity contribution in [2.45, 2.75) is 33.7 Å². The minimum atomic E-state index is -0.481. The zero-order valence-corrected chi connectivity index (χ0v) is 11.1. The lowest BCUT2D eigenvalue weighted by atomic mass is 10.3. The Morgan fingerprint density at radius 3 is 2.84 bits per heavy atom. The molecule has 0 aliphatic carbocycles. The van der Waals surface area contributed by atoms with Crippen molar-refractivity contribution in [3.63, 3.8) is 0 Å². The van der Waals surface area contributed by atoms with E-state index in [0.29, 0.717) is 30.4 Å². The Hall–Kier alpha value is -2.25. The molecule has 0 bridgehead atoms. The summed E-state index contributed by atoms with van der Waals surface area (Å²) in [6.45, 7) is 6.00. The Bertz CT molecular complexity index is 575. The number of nitrogens with zero attached hydrogens (tertiary/aromatic N) is 5. The Balaban J connectivity index is 2.15. The van der Waals surface area contributed by atoms with Crippen LogP contribution in [0.15, 0.2) is 4.52 Å². The van der Waals surface area contributed by atoms with Crippen LogP contribution in [0.25, 0.3) is 0 Å². The summed E-state index contributed by atoms with van der Waals surface area (Å²) in [6.07, 6.45) is 0.702. The molecule has 2 rings (SSSR count). The molecule has 0 saturated heterocycles. The first kappa shape index (κ1) is 13.2. The first-order valence-corrected chi connectivity index (χ1v) is 6.04. The van der Waals surface area contributed by atoms with Crippen LogP contribution < -0.4 is 0 Å². The normalized spacial score (nSPS) is 10.7. The predicted molar refractivity (Wildman–Crippen MR) is 63.5 cm³/mol. The van der Waals surface area contributed by atoms with Crippen LogP contribution in [0.4, 0.5) is 0 Å². The molecule has 102 valence electrons. The maximum atomic E-state index is 11.6. The highest BCUT2D eigenvalue weighted by molar-refractivity contribution is 5.88. The molecule has 0 aliphatic rings. The minimum absolute atomic E-state index is 0.206. The van der Waals surface area contributed by atoms with Gasteiger partial charge in [0, 0.05) is 6.42 Å². The van der Waals surface area contributed by atoms with Crippen molar-refractivity contribution >= 4 is 5.97 Å². The highest BCUT2D eigenvalue weighted by Crippen LogP contribution is 2.08. The molecule has 8 nitrogen and oxygen atoms in total. The number of hydrogen-bond donors (Lipinski definition) is 0. The number of hydrogen-bond acceptors (Lipinski definition) is 7. The summed E-state index contributed by atoms with van der Waals surface area (Å²) >= 11 is 0. The number of carbonyl (C=O) groups is 1. The van der Waals surface area contributed by atoms with Crippen LogP contribution in [-0.4, -0.2) is 37.7 Å². The van der Waals surface area contributed by atoms with Crippen molar-refractivity contribution in [1.82, 2.24) is 25.1 Å². The Morgan fingerprint density at radius 2 is 2.21 bits per heavy atom. The molecule has 0 unspecified atom stereocenters. The largest absolute Gasteiger partial charge is 0.461 e. The van der Waals surface area contributed by atoms with Crippen LogP contribution in [0.5, 0.6) is 0 Å². The summed E-state index contributed by atoms with van der Waals surface area (Å²) in [4.78, 5) is 15.8. The van der Waals surface area contributed by atoms with E-state index >= 15 is 0 Å². The number of ether oxygens (including phenoxy) is 1. The van der Waals surface area contributed by atoms with Gasteiger partial charge in [-0.2, -0.15) is 4.98 Å². The standard InChI is InChI=1S/C11H15N5O3/c1-4-8-12-9(19-14-8)6-16-7(3)10(13-15-16)11(17)18-5-2/h4-6H2,1-3H3. The average molecular weight is 265 g/mol. The van der Waals surface area contributed by atoms with Crippen LogP contribution in [0.3, 0.4) is 0 Å². The predicted octanol–water partition coefficient (Wildman–Crippen LogP) is 0.757. The van der Waals surface area contributed by atoms with E-state index in [1.807, 2.05) is 6.92 Å². The van der Waals surface area contributed by atoms with E-state index in [9.17, 15) is 4.79 Å². The molecule has 2 aromatic rings. The fourth-order valence-corrected chi connectivity index (χ4v) is 1.52. The van der Waals surface area contributed by atoms with Gasteiger partial charge in [0.1, 0.15) is 6.54 Å². The third-order valence-electron chi connectivity index (χ3n) is 2.56. The van der Waals surface area contributed by atoms with Gasteiger partial charge in [-0.1, -0.05) is 17.3 Å². The van der Waals surface area contributed by atoms with E-state index in [2.05, 4.69) is 20.5 Å². The fourth-order valence-electron chi connectivity index (χ4n) is 1.52.